The van der Waals surface area contributed by atoms with Gasteiger partial charge in [-0.2, -0.15) is 0 Å². The molecule has 3 rings (SSSR count). The lowest BCUT2D eigenvalue weighted by molar-refractivity contribution is -0.130. The molecule has 2 heterocycles. The highest BCUT2D eigenvalue weighted by atomic mass is 35.5. The minimum absolute atomic E-state index is 0.0538. The number of amides is 2. The third kappa shape index (κ3) is 1.92. The summed E-state index contributed by atoms with van der Waals surface area (Å²) in [6.45, 7) is 0.248. The Labute approximate surface area is 135 Å². The van der Waals surface area contributed by atoms with Crippen LogP contribution in [0.15, 0.2) is 6.07 Å². The second kappa shape index (κ2) is 5.11. The fraction of sp³-hybridized carbons (Fsp3) is 0.385. The first-order valence-electron chi connectivity index (χ1n) is 6.31. The maximum Gasteiger partial charge on any atom is 0.259 e. The number of imide groups is 1. The molecule has 0 saturated carbocycles. The summed E-state index contributed by atoms with van der Waals surface area (Å²) in [6, 6.07) is 1.58. The van der Waals surface area contributed by atoms with E-state index in [4.69, 9.17) is 39.9 Å². The van der Waals surface area contributed by atoms with Crippen LogP contribution in [0.3, 0.4) is 0 Å². The Hall–Kier alpha value is -0.850. The second-order valence-corrected chi connectivity index (χ2v) is 6.25. The van der Waals surface area contributed by atoms with E-state index in [1.165, 1.54) is 0 Å². The molecule has 21 heavy (non-hydrogen) atoms. The number of carbonyl (C=O) groups excluding carboxylic acids is 2. The molecule has 0 aromatic heterocycles. The Morgan fingerprint density at radius 3 is 2.67 bits per heavy atom. The number of nitrogens with one attached hydrogen (secondary N) is 1. The lowest BCUT2D eigenvalue weighted by Gasteiger charge is -2.21. The molecule has 5 nitrogen and oxygen atoms in total. The fourth-order valence-electron chi connectivity index (χ4n) is 3.01. The van der Waals surface area contributed by atoms with Gasteiger partial charge in [0.2, 0.25) is 5.91 Å². The summed E-state index contributed by atoms with van der Waals surface area (Å²) in [5.74, 6) is -1.13. The van der Waals surface area contributed by atoms with E-state index in [1.54, 1.807) is 6.07 Å². The minimum atomic E-state index is -0.877. The van der Waals surface area contributed by atoms with Gasteiger partial charge in [-0.25, -0.2) is 4.90 Å². The molecular formula is C13H11Cl3N2O3. The zero-order chi connectivity index (χ0) is 15.4. The van der Waals surface area contributed by atoms with E-state index in [0.29, 0.717) is 25.1 Å². The van der Waals surface area contributed by atoms with Crippen molar-refractivity contribution in [1.29, 1.82) is 0 Å². The number of aliphatic hydroxyl groups is 1. The van der Waals surface area contributed by atoms with Crippen LogP contribution >= 0.6 is 34.8 Å². The Morgan fingerprint density at radius 2 is 2.10 bits per heavy atom. The molecule has 8 heteroatoms. The van der Waals surface area contributed by atoms with Crippen molar-refractivity contribution in [3.8, 4) is 0 Å². The number of halogens is 3. The van der Waals surface area contributed by atoms with Crippen molar-refractivity contribution in [2.24, 2.45) is 0 Å². The van der Waals surface area contributed by atoms with E-state index in [1.807, 2.05) is 0 Å². The van der Waals surface area contributed by atoms with E-state index < -0.39 is 23.8 Å². The molecule has 1 saturated heterocycles. The molecule has 2 N–H and O–H groups in total. The molecule has 1 aromatic carbocycles. The molecule has 0 unspecified atom stereocenters. The molecule has 1 spiro atoms. The quantitative estimate of drug-likeness (QED) is 0.758. The van der Waals surface area contributed by atoms with Crippen molar-refractivity contribution in [2.45, 2.75) is 11.8 Å². The van der Waals surface area contributed by atoms with Crippen molar-refractivity contribution >= 4 is 52.3 Å². The summed E-state index contributed by atoms with van der Waals surface area (Å²) in [4.78, 5) is 25.7. The van der Waals surface area contributed by atoms with Crippen molar-refractivity contribution in [1.82, 2.24) is 5.32 Å². The van der Waals surface area contributed by atoms with Gasteiger partial charge < -0.3 is 10.4 Å². The van der Waals surface area contributed by atoms with E-state index in [9.17, 15) is 9.59 Å². The number of fused-ring (bicyclic) bond motifs is 2. The molecule has 0 aliphatic carbocycles. The minimum Gasteiger partial charge on any atom is -0.387 e. The van der Waals surface area contributed by atoms with Gasteiger partial charge in [0, 0.05) is 6.54 Å². The molecule has 2 aliphatic rings. The van der Waals surface area contributed by atoms with E-state index in [-0.39, 0.29) is 20.8 Å². The van der Waals surface area contributed by atoms with E-state index >= 15 is 0 Å². The standard InChI is InChI=1S/C13H11Cl3N2O3/c14-7-3-6-11(10(16)9(7)15)18(8(20)4-19)12(21)13(6)1-2-17-5-13/h3,17,19H,1-2,4-5H2/t13-/m1/s1. The van der Waals surface area contributed by atoms with Crippen molar-refractivity contribution in [3.63, 3.8) is 0 Å². The van der Waals surface area contributed by atoms with Gasteiger partial charge in [0.1, 0.15) is 6.61 Å². The highest BCUT2D eigenvalue weighted by Crippen LogP contribution is 2.52. The smallest absolute Gasteiger partial charge is 0.259 e. The number of anilines is 1. The Bertz CT molecular complexity index is 657. The average Bonchev–Trinajstić information content (AvgIpc) is 3.04. The van der Waals surface area contributed by atoms with Crippen molar-refractivity contribution in [3.05, 3.63) is 26.7 Å². The average molecular weight is 350 g/mol. The van der Waals surface area contributed by atoms with Gasteiger partial charge in [-0.15, -0.1) is 0 Å². The van der Waals surface area contributed by atoms with Crippen molar-refractivity contribution in [2.75, 3.05) is 24.6 Å². The van der Waals surface area contributed by atoms with Gasteiger partial charge in [0.05, 0.1) is 26.2 Å². The third-order valence-corrected chi connectivity index (χ3v) is 5.28. The van der Waals surface area contributed by atoms with Crippen molar-refractivity contribution < 1.29 is 14.7 Å². The molecule has 2 aliphatic heterocycles. The number of aliphatic hydroxyl groups excluding tert-OH is 1. The highest BCUT2D eigenvalue weighted by molar-refractivity contribution is 6.50. The zero-order valence-corrected chi connectivity index (χ0v) is 13.0. The highest BCUT2D eigenvalue weighted by Gasteiger charge is 2.55. The molecule has 1 atom stereocenters. The van der Waals surface area contributed by atoms with Gasteiger partial charge in [0.15, 0.2) is 0 Å². The van der Waals surface area contributed by atoms with Gasteiger partial charge in [-0.3, -0.25) is 9.59 Å². The van der Waals surface area contributed by atoms with Crippen LogP contribution in [-0.2, 0) is 15.0 Å². The van der Waals surface area contributed by atoms with Crippen LogP contribution in [-0.4, -0.2) is 36.6 Å². The van der Waals surface area contributed by atoms with Crippen LogP contribution in [0.1, 0.15) is 12.0 Å². The van der Waals surface area contributed by atoms with Crippen LogP contribution in [0.4, 0.5) is 5.69 Å². The molecule has 1 aromatic rings. The van der Waals surface area contributed by atoms with E-state index in [2.05, 4.69) is 5.32 Å². The first kappa shape index (κ1) is 15.1. The van der Waals surface area contributed by atoms with E-state index in [0.717, 1.165) is 4.90 Å². The van der Waals surface area contributed by atoms with Gasteiger partial charge in [0.25, 0.3) is 5.91 Å². The summed E-state index contributed by atoms with van der Waals surface area (Å²) in [5, 5.41) is 12.6. The first-order chi connectivity index (χ1) is 9.94. The first-order valence-corrected chi connectivity index (χ1v) is 7.44. The second-order valence-electron chi connectivity index (χ2n) is 5.08. The molecule has 2 amide bonds. The van der Waals surface area contributed by atoms with Crippen LogP contribution in [0.25, 0.3) is 0 Å². The topological polar surface area (TPSA) is 69.6 Å². The van der Waals surface area contributed by atoms with Crippen LogP contribution in [0.2, 0.25) is 15.1 Å². The number of rotatable bonds is 1. The molecular weight excluding hydrogens is 339 g/mol. The number of carbonyl (C=O) groups is 2. The zero-order valence-electron chi connectivity index (χ0n) is 10.8. The predicted molar refractivity (Wildman–Crippen MR) is 80.2 cm³/mol. The monoisotopic (exact) mass is 348 g/mol. The van der Waals surface area contributed by atoms with Gasteiger partial charge in [-0.05, 0) is 24.6 Å². The summed E-state index contributed by atoms with van der Waals surface area (Å²) in [5.41, 5.74) is -0.0598. The maximum absolute atomic E-state index is 12.8. The van der Waals surface area contributed by atoms with Gasteiger partial charge >= 0.3 is 0 Å². The molecule has 0 bridgehead atoms. The fourth-order valence-corrected chi connectivity index (χ4v) is 3.70. The molecule has 112 valence electrons. The molecule has 1 fully saturated rings. The third-order valence-electron chi connectivity index (χ3n) is 4.03. The number of hydrogen-bond donors (Lipinski definition) is 2. The van der Waals surface area contributed by atoms with Crippen LogP contribution in [0, 0.1) is 0 Å². The Balaban J connectivity index is 2.30. The van der Waals surface area contributed by atoms with Crippen LogP contribution < -0.4 is 10.2 Å². The largest absolute Gasteiger partial charge is 0.387 e. The predicted octanol–water partition coefficient (Wildman–Crippen LogP) is 1.74. The lowest BCUT2D eigenvalue weighted by atomic mass is 9.81. The SMILES string of the molecule is O=C(CO)N1C(=O)[C@@]2(CCNC2)c2cc(Cl)c(Cl)c(Cl)c21. The normalized spacial score (nSPS) is 24.0. The van der Waals surface area contributed by atoms with Gasteiger partial charge in [-0.1, -0.05) is 34.8 Å². The van der Waals surface area contributed by atoms with Crippen LogP contribution in [0.5, 0.6) is 0 Å². The molecule has 0 radical (unpaired) electrons. The Kier molecular flexibility index (Phi) is 3.66. The number of hydrogen-bond acceptors (Lipinski definition) is 4. The summed E-state index contributed by atoms with van der Waals surface area (Å²) in [6.07, 6.45) is 0.530. The summed E-state index contributed by atoms with van der Waals surface area (Å²) < 4.78 is 0. The number of nitrogens with zero attached hydrogens (tertiary/aromatic N) is 1. The lowest BCUT2D eigenvalue weighted by Crippen LogP contribution is -2.45. The Morgan fingerprint density at radius 1 is 1.38 bits per heavy atom. The summed E-state index contributed by atoms with van der Waals surface area (Å²) in [7, 11) is 0. The summed E-state index contributed by atoms with van der Waals surface area (Å²) >= 11 is 18.3. The maximum atomic E-state index is 12.8. The number of benzene rings is 1.